The Labute approximate surface area is 287 Å². The standard InChI is InChI=1S/C39H44N2O8/c1-25(38(44,27-7-15-31(46-3)16-8-27)28-9-17-32(47-4)18-10-28)41(36(43)37(23-24-37)35(40)42)26(2)39(45,29-11-19-33(48-5)20-12-29)30-13-21-34(49-6)22-14-30/h7-22,25-26,44-45H,23-24H2,1-6H3,(H2,40,42)/t25-,26-/m1/s1. The van der Waals surface area contributed by atoms with Gasteiger partial charge in [0.25, 0.3) is 0 Å². The Kier molecular flexibility index (Phi) is 9.94. The minimum Gasteiger partial charge on any atom is -0.497 e. The first-order valence-corrected chi connectivity index (χ1v) is 16.1. The average Bonchev–Trinajstić information content (AvgIpc) is 3.97. The fourth-order valence-electron chi connectivity index (χ4n) is 6.71. The predicted molar refractivity (Wildman–Crippen MR) is 185 cm³/mol. The number of ether oxygens (including phenoxy) is 4. The predicted octanol–water partition coefficient (Wildman–Crippen LogP) is 4.76. The Morgan fingerprint density at radius 2 is 0.837 bits per heavy atom. The summed E-state index contributed by atoms with van der Waals surface area (Å²) in [4.78, 5) is 29.3. The van der Waals surface area contributed by atoms with Crippen molar-refractivity contribution in [2.24, 2.45) is 11.1 Å². The molecule has 1 saturated carbocycles. The van der Waals surface area contributed by atoms with Crippen molar-refractivity contribution in [3.05, 3.63) is 119 Å². The summed E-state index contributed by atoms with van der Waals surface area (Å²) in [7, 11) is 6.20. The van der Waals surface area contributed by atoms with Crippen LogP contribution in [-0.4, -0.2) is 67.5 Å². The Bertz CT molecular complexity index is 1550. The number of aliphatic hydroxyl groups is 2. The smallest absolute Gasteiger partial charge is 0.238 e. The van der Waals surface area contributed by atoms with E-state index in [0.717, 1.165) is 0 Å². The molecule has 1 aliphatic rings. The van der Waals surface area contributed by atoms with Gasteiger partial charge in [-0.2, -0.15) is 0 Å². The summed E-state index contributed by atoms with van der Waals surface area (Å²) in [6.45, 7) is 3.42. The lowest BCUT2D eigenvalue weighted by atomic mass is 9.75. The van der Waals surface area contributed by atoms with E-state index in [1.54, 1.807) is 139 Å². The molecule has 0 radical (unpaired) electrons. The van der Waals surface area contributed by atoms with Crippen LogP contribution in [0.25, 0.3) is 0 Å². The first kappa shape index (κ1) is 35.3. The summed E-state index contributed by atoms with van der Waals surface area (Å²) in [6.07, 6.45) is 0.508. The van der Waals surface area contributed by atoms with Crippen LogP contribution in [0.4, 0.5) is 0 Å². The second kappa shape index (κ2) is 13.8. The van der Waals surface area contributed by atoms with Gasteiger partial charge in [0.15, 0.2) is 0 Å². The number of carbonyl (C=O) groups excluding carboxylic acids is 2. The molecular formula is C39H44N2O8. The topological polar surface area (TPSA) is 141 Å². The number of benzene rings is 4. The summed E-state index contributed by atoms with van der Waals surface area (Å²) in [6, 6.07) is 25.5. The van der Waals surface area contributed by atoms with Gasteiger partial charge in [-0.15, -0.1) is 0 Å². The third kappa shape index (κ3) is 6.18. The summed E-state index contributed by atoms with van der Waals surface area (Å²) >= 11 is 0. The minimum absolute atomic E-state index is 0.254. The number of nitrogens with two attached hydrogens (primary N) is 1. The molecule has 4 aromatic rings. The molecule has 0 bridgehead atoms. The van der Waals surface area contributed by atoms with Crippen LogP contribution >= 0.6 is 0 Å². The number of amides is 2. The molecule has 10 heteroatoms. The lowest BCUT2D eigenvalue weighted by Crippen LogP contribution is -2.63. The van der Waals surface area contributed by atoms with E-state index in [1.165, 1.54) is 4.90 Å². The van der Waals surface area contributed by atoms with E-state index in [-0.39, 0.29) is 12.8 Å². The van der Waals surface area contributed by atoms with E-state index >= 15 is 0 Å². The fraction of sp³-hybridized carbons (Fsp3) is 0.333. The van der Waals surface area contributed by atoms with Crippen molar-refractivity contribution < 1.29 is 38.7 Å². The number of rotatable bonds is 14. The lowest BCUT2D eigenvalue weighted by Gasteiger charge is -2.50. The van der Waals surface area contributed by atoms with Crippen LogP contribution in [-0.2, 0) is 20.8 Å². The molecule has 2 amide bonds. The molecule has 1 fully saturated rings. The highest BCUT2D eigenvalue weighted by Gasteiger charge is 2.61. The van der Waals surface area contributed by atoms with Gasteiger partial charge in [-0.05, 0) is 97.5 Å². The molecule has 0 aliphatic heterocycles. The van der Waals surface area contributed by atoms with Crippen molar-refractivity contribution in [2.75, 3.05) is 28.4 Å². The van der Waals surface area contributed by atoms with Crippen molar-refractivity contribution in [1.29, 1.82) is 0 Å². The summed E-state index contributed by atoms with van der Waals surface area (Å²) < 4.78 is 21.6. The van der Waals surface area contributed by atoms with Gasteiger partial charge in [0.2, 0.25) is 11.8 Å². The Balaban J connectivity index is 1.76. The molecule has 258 valence electrons. The molecule has 10 nitrogen and oxygen atoms in total. The van der Waals surface area contributed by atoms with E-state index in [0.29, 0.717) is 45.3 Å². The molecule has 5 rings (SSSR count). The highest BCUT2D eigenvalue weighted by Crippen LogP contribution is 2.51. The third-order valence-electron chi connectivity index (χ3n) is 10.0. The number of hydrogen-bond donors (Lipinski definition) is 3. The largest absolute Gasteiger partial charge is 0.497 e. The monoisotopic (exact) mass is 668 g/mol. The molecule has 0 unspecified atom stereocenters. The van der Waals surface area contributed by atoms with Gasteiger partial charge in [0.1, 0.15) is 39.6 Å². The van der Waals surface area contributed by atoms with Gasteiger partial charge in [0.05, 0.1) is 40.5 Å². The maximum absolute atomic E-state index is 14.9. The van der Waals surface area contributed by atoms with Crippen LogP contribution in [0.5, 0.6) is 23.0 Å². The van der Waals surface area contributed by atoms with Crippen molar-refractivity contribution >= 4 is 11.8 Å². The van der Waals surface area contributed by atoms with Crippen LogP contribution in [0.15, 0.2) is 97.1 Å². The minimum atomic E-state index is -1.86. The van der Waals surface area contributed by atoms with Crippen LogP contribution in [0, 0.1) is 5.41 Å². The zero-order chi connectivity index (χ0) is 35.6. The van der Waals surface area contributed by atoms with Gasteiger partial charge < -0.3 is 39.8 Å². The molecular weight excluding hydrogens is 624 g/mol. The zero-order valence-corrected chi connectivity index (χ0v) is 28.7. The molecule has 1 aliphatic carbocycles. The first-order valence-electron chi connectivity index (χ1n) is 16.1. The van der Waals surface area contributed by atoms with Crippen molar-refractivity contribution in [1.82, 2.24) is 4.90 Å². The second-order valence-corrected chi connectivity index (χ2v) is 12.5. The lowest BCUT2D eigenvalue weighted by molar-refractivity contribution is -0.158. The second-order valence-electron chi connectivity index (χ2n) is 12.5. The molecule has 0 saturated heterocycles. The SMILES string of the molecule is COc1ccc(C(O)(c2ccc(OC)cc2)[C@@H](C)N(C(=O)C2(C(N)=O)CC2)[C@H](C)C(O)(c2ccc(OC)cc2)c2ccc(OC)cc2)cc1. The maximum atomic E-state index is 14.9. The summed E-state index contributed by atoms with van der Waals surface area (Å²) in [5.41, 5.74) is 2.51. The van der Waals surface area contributed by atoms with Gasteiger partial charge in [-0.3, -0.25) is 9.59 Å². The van der Waals surface area contributed by atoms with Crippen molar-refractivity contribution in [3.8, 4) is 23.0 Å². The molecule has 4 aromatic carbocycles. The molecule has 0 heterocycles. The van der Waals surface area contributed by atoms with E-state index in [2.05, 4.69) is 0 Å². The van der Waals surface area contributed by atoms with Crippen molar-refractivity contribution in [2.45, 2.75) is 50.0 Å². The van der Waals surface area contributed by atoms with E-state index in [9.17, 15) is 19.8 Å². The number of hydrogen-bond acceptors (Lipinski definition) is 8. The molecule has 4 N–H and O–H groups in total. The van der Waals surface area contributed by atoms with Gasteiger partial charge in [0, 0.05) is 0 Å². The Morgan fingerprint density at radius 3 is 1.02 bits per heavy atom. The Morgan fingerprint density at radius 1 is 0.592 bits per heavy atom. The van der Waals surface area contributed by atoms with Crippen LogP contribution in [0.3, 0.4) is 0 Å². The van der Waals surface area contributed by atoms with Crippen molar-refractivity contribution in [3.63, 3.8) is 0 Å². The molecule has 0 spiro atoms. The number of primary amides is 1. The van der Waals surface area contributed by atoms with Crippen LogP contribution in [0.1, 0.15) is 48.9 Å². The Hall–Kier alpha value is -5.06. The van der Waals surface area contributed by atoms with Crippen LogP contribution in [0.2, 0.25) is 0 Å². The van der Waals surface area contributed by atoms with E-state index in [4.69, 9.17) is 24.7 Å². The molecule has 2 atom stereocenters. The van der Waals surface area contributed by atoms with Gasteiger partial charge >= 0.3 is 0 Å². The number of nitrogens with zero attached hydrogens (tertiary/aromatic N) is 1. The zero-order valence-electron chi connectivity index (χ0n) is 28.7. The van der Waals surface area contributed by atoms with E-state index < -0.39 is 40.5 Å². The number of methoxy groups -OCH3 is 4. The maximum Gasteiger partial charge on any atom is 0.238 e. The average molecular weight is 669 g/mol. The van der Waals surface area contributed by atoms with Gasteiger partial charge in [-0.1, -0.05) is 48.5 Å². The normalized spacial score (nSPS) is 15.0. The third-order valence-corrected chi connectivity index (χ3v) is 10.0. The highest BCUT2D eigenvalue weighted by molar-refractivity contribution is 6.07. The quantitative estimate of drug-likeness (QED) is 0.163. The van der Waals surface area contributed by atoms with E-state index in [1.807, 2.05) is 0 Å². The summed E-state index contributed by atoms with van der Waals surface area (Å²) in [5, 5.41) is 26.2. The van der Waals surface area contributed by atoms with Crippen LogP contribution < -0.4 is 24.7 Å². The molecule has 49 heavy (non-hydrogen) atoms. The van der Waals surface area contributed by atoms with Gasteiger partial charge in [-0.25, -0.2) is 0 Å². The number of carbonyl (C=O) groups is 2. The molecule has 0 aromatic heterocycles. The first-order chi connectivity index (χ1) is 23.4. The fourth-order valence-corrected chi connectivity index (χ4v) is 6.71. The summed E-state index contributed by atoms with van der Waals surface area (Å²) in [5.74, 6) is 0.975. The highest BCUT2D eigenvalue weighted by atomic mass is 16.5.